The lowest BCUT2D eigenvalue weighted by Gasteiger charge is -2.27. The first kappa shape index (κ1) is 15.7. The van der Waals surface area contributed by atoms with Crippen LogP contribution in [0.25, 0.3) is 0 Å². The van der Waals surface area contributed by atoms with Crippen LogP contribution in [0.2, 0.25) is 0 Å². The van der Waals surface area contributed by atoms with Crippen molar-refractivity contribution in [2.24, 2.45) is 5.10 Å². The highest BCUT2D eigenvalue weighted by atomic mass is 16.2. The van der Waals surface area contributed by atoms with E-state index in [0.717, 1.165) is 30.8 Å². The smallest absolute Gasteiger partial charge is 0.270 e. The second-order valence-corrected chi connectivity index (χ2v) is 6.37. The van der Waals surface area contributed by atoms with Gasteiger partial charge in [-0.05, 0) is 32.8 Å². The molecule has 3 heterocycles. The molecule has 3 rings (SSSR count). The van der Waals surface area contributed by atoms with Gasteiger partial charge < -0.3 is 4.90 Å². The van der Waals surface area contributed by atoms with E-state index >= 15 is 0 Å². The van der Waals surface area contributed by atoms with Gasteiger partial charge in [-0.15, -0.1) is 0 Å². The molecule has 1 saturated heterocycles. The fraction of sp³-hybridized carbons (Fsp3) is 0.625. The number of amides is 2. The predicted molar refractivity (Wildman–Crippen MR) is 85.9 cm³/mol. The molecule has 0 aliphatic carbocycles. The third-order valence-electron chi connectivity index (χ3n) is 4.58. The van der Waals surface area contributed by atoms with Crippen molar-refractivity contribution in [3.63, 3.8) is 0 Å². The van der Waals surface area contributed by atoms with Crippen molar-refractivity contribution >= 4 is 17.5 Å². The van der Waals surface area contributed by atoms with Crippen LogP contribution in [0, 0.1) is 13.8 Å². The van der Waals surface area contributed by atoms with E-state index in [-0.39, 0.29) is 17.9 Å². The number of hydrogen-bond donors (Lipinski definition) is 0. The van der Waals surface area contributed by atoms with Gasteiger partial charge in [-0.3, -0.25) is 14.3 Å². The maximum Gasteiger partial charge on any atom is 0.270 e. The molecule has 1 atom stereocenters. The summed E-state index contributed by atoms with van der Waals surface area (Å²) >= 11 is 0. The lowest BCUT2D eigenvalue weighted by Crippen LogP contribution is -2.44. The van der Waals surface area contributed by atoms with E-state index in [1.54, 1.807) is 7.05 Å². The second kappa shape index (κ2) is 6.14. The van der Waals surface area contributed by atoms with Crippen molar-refractivity contribution in [1.82, 2.24) is 19.7 Å². The standard InChI is InChI=1S/C16H23N5O2/c1-11-9-12(2)21(17-11)10-13-5-4-8-20(13)16(23)14-6-7-15(22)19(3)18-14/h9,13H,4-8,10H2,1-3H3/t13-/m0/s1. The van der Waals surface area contributed by atoms with Crippen LogP contribution in [0.1, 0.15) is 37.1 Å². The molecule has 0 spiro atoms. The quantitative estimate of drug-likeness (QED) is 0.838. The van der Waals surface area contributed by atoms with Gasteiger partial charge in [-0.25, -0.2) is 5.01 Å². The lowest BCUT2D eigenvalue weighted by molar-refractivity contribution is -0.130. The highest BCUT2D eigenvalue weighted by molar-refractivity contribution is 6.39. The molecule has 0 aromatic carbocycles. The van der Waals surface area contributed by atoms with Crippen molar-refractivity contribution in [2.45, 2.75) is 52.1 Å². The summed E-state index contributed by atoms with van der Waals surface area (Å²) in [5.74, 6) is -0.0736. The number of likely N-dealkylation sites (tertiary alicyclic amines) is 1. The van der Waals surface area contributed by atoms with Gasteiger partial charge in [0.25, 0.3) is 5.91 Å². The first-order valence-electron chi connectivity index (χ1n) is 8.12. The Morgan fingerprint density at radius 3 is 2.78 bits per heavy atom. The third-order valence-corrected chi connectivity index (χ3v) is 4.58. The molecule has 0 saturated carbocycles. The number of aromatic nitrogens is 2. The summed E-state index contributed by atoms with van der Waals surface area (Å²) in [4.78, 5) is 26.2. The van der Waals surface area contributed by atoms with Crippen LogP contribution in [0.5, 0.6) is 0 Å². The molecule has 0 N–H and O–H groups in total. The topological polar surface area (TPSA) is 70.8 Å². The highest BCUT2D eigenvalue weighted by Crippen LogP contribution is 2.21. The van der Waals surface area contributed by atoms with E-state index in [9.17, 15) is 9.59 Å². The van der Waals surface area contributed by atoms with Gasteiger partial charge in [-0.1, -0.05) is 0 Å². The first-order valence-corrected chi connectivity index (χ1v) is 8.12. The minimum atomic E-state index is -0.0397. The van der Waals surface area contributed by atoms with E-state index in [0.29, 0.717) is 25.1 Å². The number of nitrogens with zero attached hydrogens (tertiary/aromatic N) is 5. The molecular weight excluding hydrogens is 294 g/mol. The number of hydrogen-bond acceptors (Lipinski definition) is 4. The molecule has 23 heavy (non-hydrogen) atoms. The van der Waals surface area contributed by atoms with Gasteiger partial charge in [0.05, 0.1) is 18.3 Å². The van der Waals surface area contributed by atoms with Gasteiger partial charge in [0.1, 0.15) is 5.71 Å². The SMILES string of the molecule is Cc1cc(C)n(C[C@@H]2CCCN2C(=O)C2=NN(C)C(=O)CC2)n1. The Bertz CT molecular complexity index is 663. The van der Waals surface area contributed by atoms with Crippen LogP contribution in [-0.2, 0) is 16.1 Å². The predicted octanol–water partition coefficient (Wildman–Crippen LogP) is 1.10. The number of carbonyl (C=O) groups is 2. The zero-order valence-corrected chi connectivity index (χ0v) is 13.9. The van der Waals surface area contributed by atoms with Crippen LogP contribution in [0.3, 0.4) is 0 Å². The van der Waals surface area contributed by atoms with Crippen LogP contribution in [0.15, 0.2) is 11.2 Å². The Kier molecular flexibility index (Phi) is 4.19. The van der Waals surface area contributed by atoms with Gasteiger partial charge in [0, 0.05) is 32.1 Å². The normalized spacial score (nSPS) is 21.8. The van der Waals surface area contributed by atoms with Crippen LogP contribution in [-0.4, -0.2) is 56.8 Å². The molecule has 1 aromatic rings. The molecule has 1 aromatic heterocycles. The summed E-state index contributed by atoms with van der Waals surface area (Å²) in [7, 11) is 1.60. The van der Waals surface area contributed by atoms with E-state index in [2.05, 4.69) is 10.2 Å². The van der Waals surface area contributed by atoms with Gasteiger partial charge in [0.15, 0.2) is 0 Å². The first-order chi connectivity index (χ1) is 11.0. The minimum Gasteiger partial charge on any atom is -0.333 e. The molecule has 124 valence electrons. The van der Waals surface area contributed by atoms with Crippen LogP contribution in [0.4, 0.5) is 0 Å². The molecule has 7 heteroatoms. The van der Waals surface area contributed by atoms with Gasteiger partial charge in [-0.2, -0.15) is 10.2 Å². The summed E-state index contributed by atoms with van der Waals surface area (Å²) in [6.07, 6.45) is 2.77. The summed E-state index contributed by atoms with van der Waals surface area (Å²) in [6.45, 7) is 5.48. The minimum absolute atomic E-state index is 0.0339. The van der Waals surface area contributed by atoms with E-state index in [1.165, 1.54) is 5.01 Å². The van der Waals surface area contributed by atoms with Crippen LogP contribution < -0.4 is 0 Å². The van der Waals surface area contributed by atoms with Crippen LogP contribution >= 0.6 is 0 Å². The molecule has 2 aliphatic rings. The van der Waals surface area contributed by atoms with Crippen molar-refractivity contribution in [3.8, 4) is 0 Å². The Balaban J connectivity index is 1.74. The number of aryl methyl sites for hydroxylation is 2. The van der Waals surface area contributed by atoms with Gasteiger partial charge >= 0.3 is 0 Å². The van der Waals surface area contributed by atoms with Crippen molar-refractivity contribution in [3.05, 3.63) is 17.5 Å². The summed E-state index contributed by atoms with van der Waals surface area (Å²) in [5.41, 5.74) is 2.60. The van der Waals surface area contributed by atoms with E-state index in [4.69, 9.17) is 0 Å². The molecule has 0 bridgehead atoms. The number of carbonyl (C=O) groups excluding carboxylic acids is 2. The Morgan fingerprint density at radius 2 is 2.13 bits per heavy atom. The highest BCUT2D eigenvalue weighted by Gasteiger charge is 2.33. The maximum absolute atomic E-state index is 12.8. The Morgan fingerprint density at radius 1 is 1.35 bits per heavy atom. The summed E-state index contributed by atoms with van der Waals surface area (Å²) < 4.78 is 1.98. The zero-order valence-electron chi connectivity index (χ0n) is 13.9. The van der Waals surface area contributed by atoms with E-state index in [1.807, 2.05) is 29.5 Å². The fourth-order valence-corrected chi connectivity index (χ4v) is 3.34. The molecule has 0 radical (unpaired) electrons. The molecule has 2 amide bonds. The lowest BCUT2D eigenvalue weighted by atomic mass is 10.1. The monoisotopic (exact) mass is 317 g/mol. The molecular formula is C16H23N5O2. The average molecular weight is 317 g/mol. The second-order valence-electron chi connectivity index (χ2n) is 6.37. The number of hydrazone groups is 1. The molecule has 0 unspecified atom stereocenters. The maximum atomic E-state index is 12.8. The molecule has 1 fully saturated rings. The summed E-state index contributed by atoms with van der Waals surface area (Å²) in [5, 5.41) is 9.94. The fourth-order valence-electron chi connectivity index (χ4n) is 3.34. The summed E-state index contributed by atoms with van der Waals surface area (Å²) in [6, 6.07) is 2.19. The Labute approximate surface area is 135 Å². The third kappa shape index (κ3) is 3.13. The van der Waals surface area contributed by atoms with Gasteiger partial charge in [0.2, 0.25) is 5.91 Å². The molecule has 7 nitrogen and oxygen atoms in total. The molecule has 2 aliphatic heterocycles. The largest absolute Gasteiger partial charge is 0.333 e. The Hall–Kier alpha value is -2.18. The van der Waals surface area contributed by atoms with Crippen molar-refractivity contribution < 1.29 is 9.59 Å². The van der Waals surface area contributed by atoms with E-state index < -0.39 is 0 Å². The average Bonchev–Trinajstić information content (AvgIpc) is 3.08. The zero-order chi connectivity index (χ0) is 16.6. The van der Waals surface area contributed by atoms with Crippen molar-refractivity contribution in [1.29, 1.82) is 0 Å². The van der Waals surface area contributed by atoms with Crippen molar-refractivity contribution in [2.75, 3.05) is 13.6 Å². The number of rotatable bonds is 3.